The van der Waals surface area contributed by atoms with E-state index in [0.717, 1.165) is 9.95 Å². The van der Waals surface area contributed by atoms with E-state index in [1.807, 2.05) is 6.07 Å². The van der Waals surface area contributed by atoms with Gasteiger partial charge in [-0.15, -0.1) is 0 Å². The normalized spacial score (nSPS) is 12.1. The SMILES string of the molecule is [2H]c1cc2ccccc2n1C(=O)NOC(=O)C(C)(C)C. The lowest BCUT2D eigenvalue weighted by molar-refractivity contribution is -0.158. The van der Waals surface area contributed by atoms with E-state index >= 15 is 0 Å². The van der Waals surface area contributed by atoms with Gasteiger partial charge in [-0.25, -0.2) is 9.59 Å². The molecule has 0 unspecified atom stereocenters. The maximum Gasteiger partial charge on any atom is 0.359 e. The molecule has 1 aromatic heterocycles. The van der Waals surface area contributed by atoms with Crippen molar-refractivity contribution in [2.75, 3.05) is 0 Å². The third-order valence-corrected chi connectivity index (χ3v) is 2.57. The van der Waals surface area contributed by atoms with Crippen LogP contribution < -0.4 is 5.48 Å². The van der Waals surface area contributed by atoms with E-state index in [9.17, 15) is 9.59 Å². The van der Waals surface area contributed by atoms with Gasteiger partial charge in [0.15, 0.2) is 0 Å². The molecule has 1 aromatic carbocycles. The molecule has 1 heterocycles. The van der Waals surface area contributed by atoms with Crippen molar-refractivity contribution in [3.63, 3.8) is 0 Å². The van der Waals surface area contributed by atoms with E-state index in [-0.39, 0.29) is 6.17 Å². The lowest BCUT2D eigenvalue weighted by atomic mass is 9.98. The summed E-state index contributed by atoms with van der Waals surface area (Å²) in [7, 11) is 0. The third kappa shape index (κ3) is 2.76. The number of amides is 1. The van der Waals surface area contributed by atoms with Crippen molar-refractivity contribution < 1.29 is 15.8 Å². The molecule has 2 rings (SSSR count). The minimum absolute atomic E-state index is 0.0236. The van der Waals surface area contributed by atoms with Gasteiger partial charge in [-0.1, -0.05) is 18.2 Å². The van der Waals surface area contributed by atoms with Crippen LogP contribution in [0.25, 0.3) is 10.9 Å². The number of benzene rings is 1. The minimum atomic E-state index is -0.712. The number of fused-ring (bicyclic) bond motifs is 1. The Morgan fingerprint density at radius 2 is 1.95 bits per heavy atom. The van der Waals surface area contributed by atoms with Crippen LogP contribution in [0.15, 0.2) is 36.5 Å². The second kappa shape index (κ2) is 4.76. The molecule has 0 spiro atoms. The molecule has 100 valence electrons. The summed E-state index contributed by atoms with van der Waals surface area (Å²) < 4.78 is 8.94. The summed E-state index contributed by atoms with van der Waals surface area (Å²) in [5.74, 6) is -0.547. The van der Waals surface area contributed by atoms with Crippen LogP contribution in [0.2, 0.25) is 0 Å². The van der Waals surface area contributed by atoms with E-state index in [4.69, 9.17) is 6.21 Å². The Morgan fingerprint density at radius 1 is 1.26 bits per heavy atom. The predicted octanol–water partition coefficient (Wildman–Crippen LogP) is 2.70. The zero-order valence-electron chi connectivity index (χ0n) is 12.1. The lowest BCUT2D eigenvalue weighted by Crippen LogP contribution is -2.35. The van der Waals surface area contributed by atoms with Crippen LogP contribution in [0.3, 0.4) is 0 Å². The van der Waals surface area contributed by atoms with Crippen molar-refractivity contribution in [1.29, 1.82) is 0 Å². The molecule has 0 fully saturated rings. The number of hydrogen-bond donors (Lipinski definition) is 1. The van der Waals surface area contributed by atoms with Gasteiger partial charge in [0.1, 0.15) is 0 Å². The summed E-state index contributed by atoms with van der Waals surface area (Å²) in [6, 6.07) is 8.02. The van der Waals surface area contributed by atoms with Gasteiger partial charge in [0.05, 0.1) is 12.3 Å². The second-order valence-corrected chi connectivity index (χ2v) is 5.21. The van der Waals surface area contributed by atoms with Crippen molar-refractivity contribution in [2.24, 2.45) is 5.41 Å². The first-order chi connectivity index (χ1) is 9.30. The van der Waals surface area contributed by atoms with E-state index in [0.29, 0.717) is 5.52 Å². The predicted molar refractivity (Wildman–Crippen MR) is 71.4 cm³/mol. The average molecular weight is 261 g/mol. The fourth-order valence-corrected chi connectivity index (χ4v) is 1.47. The van der Waals surface area contributed by atoms with E-state index in [1.54, 1.807) is 45.0 Å². The van der Waals surface area contributed by atoms with Crippen LogP contribution in [0.5, 0.6) is 0 Å². The van der Waals surface area contributed by atoms with E-state index < -0.39 is 17.4 Å². The van der Waals surface area contributed by atoms with Crippen molar-refractivity contribution >= 4 is 22.9 Å². The molecule has 1 amide bonds. The Balaban J connectivity index is 2.20. The van der Waals surface area contributed by atoms with Crippen LogP contribution in [0.4, 0.5) is 4.79 Å². The van der Waals surface area contributed by atoms with E-state index in [2.05, 4.69) is 5.48 Å². The molecule has 0 bridgehead atoms. The Morgan fingerprint density at radius 3 is 2.63 bits per heavy atom. The highest BCUT2D eigenvalue weighted by molar-refractivity contribution is 5.91. The highest BCUT2D eigenvalue weighted by Gasteiger charge is 2.24. The molecule has 0 radical (unpaired) electrons. The summed E-state index contributed by atoms with van der Waals surface area (Å²) in [6.45, 7) is 5.05. The molecule has 1 N–H and O–H groups in total. The quantitative estimate of drug-likeness (QED) is 0.742. The number of carbonyl (C=O) groups is 2. The number of hydroxylamine groups is 1. The van der Waals surface area contributed by atoms with Crippen LogP contribution in [-0.2, 0) is 9.63 Å². The van der Waals surface area contributed by atoms with Crippen molar-refractivity contribution in [3.8, 4) is 0 Å². The molecule has 2 aromatic rings. The van der Waals surface area contributed by atoms with Gasteiger partial charge in [0.25, 0.3) is 0 Å². The van der Waals surface area contributed by atoms with Gasteiger partial charge in [-0.2, -0.15) is 5.48 Å². The number of nitrogens with zero attached hydrogens (tertiary/aromatic N) is 1. The highest BCUT2D eigenvalue weighted by Crippen LogP contribution is 2.16. The molecule has 19 heavy (non-hydrogen) atoms. The summed E-state index contributed by atoms with van der Waals surface area (Å²) in [6.07, 6.45) is 0.0236. The fourth-order valence-electron chi connectivity index (χ4n) is 1.47. The molecular weight excluding hydrogens is 244 g/mol. The smallest absolute Gasteiger partial charge is 0.339 e. The molecule has 5 nitrogen and oxygen atoms in total. The van der Waals surface area contributed by atoms with Crippen LogP contribution in [0.1, 0.15) is 22.1 Å². The van der Waals surface area contributed by atoms with Crippen molar-refractivity contribution in [1.82, 2.24) is 10.0 Å². The molecule has 0 aliphatic rings. The van der Waals surface area contributed by atoms with Gasteiger partial charge in [-0.05, 0) is 32.9 Å². The Hall–Kier alpha value is -2.30. The minimum Gasteiger partial charge on any atom is -0.339 e. The Bertz CT molecular complexity index is 671. The average Bonchev–Trinajstić information content (AvgIpc) is 2.70. The number of carbonyl (C=O) groups excluding carboxylic acids is 2. The third-order valence-electron chi connectivity index (χ3n) is 2.57. The lowest BCUT2D eigenvalue weighted by Gasteiger charge is -2.16. The molecule has 5 heteroatoms. The van der Waals surface area contributed by atoms with Gasteiger partial charge in [0.2, 0.25) is 0 Å². The standard InChI is InChI=1S/C14H16N2O3/c1-14(2,3)12(17)19-15-13(18)16-9-8-10-6-4-5-7-11(10)16/h4-9H,1-3H3,(H,15,18)/i9D. The van der Waals surface area contributed by atoms with Crippen LogP contribution in [-0.4, -0.2) is 16.6 Å². The number of rotatable bonds is 0. The molecule has 0 aliphatic carbocycles. The van der Waals surface area contributed by atoms with Crippen LogP contribution in [0, 0.1) is 5.41 Å². The maximum atomic E-state index is 12.0. The first kappa shape index (κ1) is 11.8. The topological polar surface area (TPSA) is 60.3 Å². The number of para-hydroxylation sites is 1. The van der Waals surface area contributed by atoms with Gasteiger partial charge >= 0.3 is 12.0 Å². The monoisotopic (exact) mass is 261 g/mol. The van der Waals surface area contributed by atoms with Gasteiger partial charge in [0, 0.05) is 11.6 Å². The maximum absolute atomic E-state index is 12.0. The number of hydrogen-bond acceptors (Lipinski definition) is 3. The second-order valence-electron chi connectivity index (χ2n) is 5.21. The van der Waals surface area contributed by atoms with Crippen molar-refractivity contribution in [3.05, 3.63) is 36.5 Å². The Kier molecular flexibility index (Phi) is 2.95. The Labute approximate surface area is 112 Å². The van der Waals surface area contributed by atoms with Crippen LogP contribution >= 0.6 is 0 Å². The molecule has 0 saturated heterocycles. The fraction of sp³-hybridized carbons (Fsp3) is 0.286. The zero-order chi connectivity index (χ0) is 14.9. The summed E-state index contributed by atoms with van der Waals surface area (Å²) in [5, 5.41) is 0.773. The van der Waals surface area contributed by atoms with E-state index in [1.165, 1.54) is 0 Å². The van der Waals surface area contributed by atoms with Gasteiger partial charge < -0.3 is 4.84 Å². The van der Waals surface area contributed by atoms with Crippen molar-refractivity contribution in [2.45, 2.75) is 20.8 Å². The summed E-state index contributed by atoms with van der Waals surface area (Å²) >= 11 is 0. The molecular formula is C14H16N2O3. The number of nitrogens with one attached hydrogen (secondary N) is 1. The summed E-state index contributed by atoms with van der Waals surface area (Å²) in [5.41, 5.74) is 1.95. The largest absolute Gasteiger partial charge is 0.359 e. The first-order valence-electron chi connectivity index (χ1n) is 6.39. The molecule has 0 aliphatic heterocycles. The van der Waals surface area contributed by atoms with Gasteiger partial charge in [-0.3, -0.25) is 4.57 Å². The summed E-state index contributed by atoms with van der Waals surface area (Å²) in [4.78, 5) is 28.4. The number of aromatic nitrogens is 1. The first-order valence-corrected chi connectivity index (χ1v) is 5.89. The zero-order valence-corrected chi connectivity index (χ0v) is 11.1. The highest BCUT2D eigenvalue weighted by atomic mass is 16.7. The molecule has 0 saturated carbocycles. The molecule has 0 atom stereocenters.